The minimum Gasteiger partial charge on any atom is -0.324 e. The van der Waals surface area contributed by atoms with Crippen LogP contribution in [0, 0.1) is 6.92 Å². The van der Waals surface area contributed by atoms with E-state index in [1.165, 1.54) is 5.56 Å². The molecule has 0 atom stereocenters. The summed E-state index contributed by atoms with van der Waals surface area (Å²) in [6.07, 6.45) is 2.04. The molecule has 2 aromatic rings. The third-order valence-electron chi connectivity index (χ3n) is 2.60. The van der Waals surface area contributed by atoms with Gasteiger partial charge in [0.05, 0.1) is 17.8 Å². The number of hydrogen-bond acceptors (Lipinski definition) is 3. The largest absolute Gasteiger partial charge is 0.324 e. The molecule has 86 valence electrons. The number of nitrogens with two attached hydrogens (primary N) is 1. The molecular weight excluding hydrogens is 200 g/mol. The molecule has 0 aliphatic heterocycles. The Bertz CT molecular complexity index is 499. The zero-order valence-corrected chi connectivity index (χ0v) is 10.1. The second-order valence-corrected chi connectivity index (χ2v) is 4.38. The van der Waals surface area contributed by atoms with Crippen molar-refractivity contribution in [2.75, 3.05) is 14.1 Å². The fourth-order valence-corrected chi connectivity index (χ4v) is 1.88. The monoisotopic (exact) mass is 218 g/mol. The summed E-state index contributed by atoms with van der Waals surface area (Å²) in [4.78, 5) is 6.70. The van der Waals surface area contributed by atoms with Gasteiger partial charge in [-0.1, -0.05) is 0 Å². The van der Waals surface area contributed by atoms with Crippen molar-refractivity contribution in [3.63, 3.8) is 0 Å². The van der Waals surface area contributed by atoms with Crippen LogP contribution in [0.4, 0.5) is 0 Å². The highest BCUT2D eigenvalue weighted by molar-refractivity contribution is 5.55. The second kappa shape index (κ2) is 4.23. The molecule has 2 aromatic heterocycles. The van der Waals surface area contributed by atoms with Gasteiger partial charge in [0.15, 0.2) is 0 Å². The lowest BCUT2D eigenvalue weighted by molar-refractivity contribution is 0.399. The van der Waals surface area contributed by atoms with Crippen LogP contribution in [0.15, 0.2) is 18.3 Å². The average Bonchev–Trinajstić information content (AvgIpc) is 2.55. The maximum atomic E-state index is 5.70. The maximum Gasteiger partial charge on any atom is 0.127 e. The molecule has 0 aliphatic rings. The van der Waals surface area contributed by atoms with Gasteiger partial charge in [-0.3, -0.25) is 0 Å². The van der Waals surface area contributed by atoms with Crippen LogP contribution < -0.4 is 5.73 Å². The molecule has 2 N–H and O–H groups in total. The quantitative estimate of drug-likeness (QED) is 0.841. The number of fused-ring (bicyclic) bond motifs is 1. The smallest absolute Gasteiger partial charge is 0.127 e. The molecule has 0 fully saturated rings. The lowest BCUT2D eigenvalue weighted by Crippen LogP contribution is -2.11. The summed E-state index contributed by atoms with van der Waals surface area (Å²) >= 11 is 0. The number of aromatic nitrogens is 2. The molecule has 0 spiro atoms. The zero-order chi connectivity index (χ0) is 11.7. The number of hydrogen-bond donors (Lipinski definition) is 1. The first kappa shape index (κ1) is 11.1. The van der Waals surface area contributed by atoms with Crippen molar-refractivity contribution in [3.05, 3.63) is 35.4 Å². The summed E-state index contributed by atoms with van der Waals surface area (Å²) in [6, 6.07) is 4.23. The maximum absolute atomic E-state index is 5.70. The number of pyridine rings is 1. The second-order valence-electron chi connectivity index (χ2n) is 4.38. The van der Waals surface area contributed by atoms with Gasteiger partial charge in [-0.2, -0.15) is 0 Å². The predicted molar refractivity (Wildman–Crippen MR) is 65.2 cm³/mol. The van der Waals surface area contributed by atoms with Gasteiger partial charge in [-0.05, 0) is 38.7 Å². The standard InChI is InChI=1S/C12H18N4/c1-9-4-5-16-11(6-9)10(8-15(2)3)14-12(16)7-13/h4-6H,7-8,13H2,1-3H3. The zero-order valence-electron chi connectivity index (χ0n) is 10.1. The fourth-order valence-electron chi connectivity index (χ4n) is 1.88. The van der Waals surface area contributed by atoms with E-state index in [1.807, 2.05) is 20.3 Å². The molecule has 0 unspecified atom stereocenters. The molecule has 4 heteroatoms. The van der Waals surface area contributed by atoms with Gasteiger partial charge in [0.1, 0.15) is 5.82 Å². The lowest BCUT2D eigenvalue weighted by Gasteiger charge is -2.07. The minimum absolute atomic E-state index is 0.470. The van der Waals surface area contributed by atoms with E-state index in [9.17, 15) is 0 Å². The molecule has 4 nitrogen and oxygen atoms in total. The normalized spacial score (nSPS) is 11.6. The van der Waals surface area contributed by atoms with Crippen molar-refractivity contribution in [1.82, 2.24) is 14.3 Å². The van der Waals surface area contributed by atoms with Gasteiger partial charge in [0, 0.05) is 12.7 Å². The van der Waals surface area contributed by atoms with E-state index < -0.39 is 0 Å². The summed E-state index contributed by atoms with van der Waals surface area (Å²) in [5.74, 6) is 0.923. The Morgan fingerprint density at radius 2 is 2.19 bits per heavy atom. The van der Waals surface area contributed by atoms with Gasteiger partial charge in [0.25, 0.3) is 0 Å². The SMILES string of the molecule is Cc1ccn2c(CN)nc(CN(C)C)c2c1. The molecule has 0 radical (unpaired) electrons. The van der Waals surface area contributed by atoms with Crippen LogP contribution in [-0.4, -0.2) is 28.4 Å². The Morgan fingerprint density at radius 3 is 2.81 bits per heavy atom. The number of nitrogens with zero attached hydrogens (tertiary/aromatic N) is 3. The van der Waals surface area contributed by atoms with Crippen molar-refractivity contribution >= 4 is 5.52 Å². The van der Waals surface area contributed by atoms with Crippen LogP contribution in [0.2, 0.25) is 0 Å². The topological polar surface area (TPSA) is 46.6 Å². The van der Waals surface area contributed by atoms with Crippen molar-refractivity contribution in [3.8, 4) is 0 Å². The summed E-state index contributed by atoms with van der Waals surface area (Å²) in [7, 11) is 4.09. The third kappa shape index (κ3) is 1.94. The first-order valence-electron chi connectivity index (χ1n) is 5.43. The summed E-state index contributed by atoms with van der Waals surface area (Å²) in [6.45, 7) is 3.40. The van der Waals surface area contributed by atoms with Gasteiger partial charge in [0.2, 0.25) is 0 Å². The lowest BCUT2D eigenvalue weighted by atomic mass is 10.2. The molecule has 0 amide bonds. The highest BCUT2D eigenvalue weighted by Gasteiger charge is 2.10. The molecule has 0 aromatic carbocycles. The highest BCUT2D eigenvalue weighted by Crippen LogP contribution is 2.15. The average molecular weight is 218 g/mol. The van der Waals surface area contributed by atoms with Crippen molar-refractivity contribution < 1.29 is 0 Å². The van der Waals surface area contributed by atoms with Crippen LogP contribution in [0.1, 0.15) is 17.1 Å². The molecule has 2 rings (SSSR count). The van der Waals surface area contributed by atoms with E-state index in [0.29, 0.717) is 6.54 Å². The first-order chi connectivity index (χ1) is 7.61. The molecular formula is C12H18N4. The van der Waals surface area contributed by atoms with Gasteiger partial charge >= 0.3 is 0 Å². The van der Waals surface area contributed by atoms with E-state index in [2.05, 4.69) is 33.3 Å². The Labute approximate surface area is 95.7 Å². The Morgan fingerprint density at radius 1 is 1.44 bits per heavy atom. The van der Waals surface area contributed by atoms with Crippen LogP contribution in [-0.2, 0) is 13.1 Å². The van der Waals surface area contributed by atoms with E-state index >= 15 is 0 Å². The highest BCUT2D eigenvalue weighted by atomic mass is 15.1. The van der Waals surface area contributed by atoms with E-state index in [-0.39, 0.29) is 0 Å². The first-order valence-corrected chi connectivity index (χ1v) is 5.43. The summed E-state index contributed by atoms with van der Waals surface area (Å²) in [5.41, 5.74) is 9.20. The minimum atomic E-state index is 0.470. The number of rotatable bonds is 3. The molecule has 2 heterocycles. The van der Waals surface area contributed by atoms with Crippen LogP contribution in [0.3, 0.4) is 0 Å². The van der Waals surface area contributed by atoms with Crippen LogP contribution in [0.5, 0.6) is 0 Å². The fraction of sp³-hybridized carbons (Fsp3) is 0.417. The number of imidazole rings is 1. The van der Waals surface area contributed by atoms with Crippen molar-refractivity contribution in [2.45, 2.75) is 20.0 Å². The van der Waals surface area contributed by atoms with E-state index in [1.54, 1.807) is 0 Å². The van der Waals surface area contributed by atoms with E-state index in [4.69, 9.17) is 5.73 Å². The summed E-state index contributed by atoms with van der Waals surface area (Å²) < 4.78 is 2.08. The van der Waals surface area contributed by atoms with Gasteiger partial charge in [-0.15, -0.1) is 0 Å². The summed E-state index contributed by atoms with van der Waals surface area (Å²) in [5, 5.41) is 0. The van der Waals surface area contributed by atoms with Crippen molar-refractivity contribution in [1.29, 1.82) is 0 Å². The predicted octanol–water partition coefficient (Wildman–Crippen LogP) is 1.16. The van der Waals surface area contributed by atoms with Crippen LogP contribution >= 0.6 is 0 Å². The van der Waals surface area contributed by atoms with E-state index in [0.717, 1.165) is 23.6 Å². The molecule has 0 bridgehead atoms. The van der Waals surface area contributed by atoms with Gasteiger partial charge < -0.3 is 15.0 Å². The number of aryl methyl sites for hydroxylation is 1. The molecule has 0 saturated carbocycles. The third-order valence-corrected chi connectivity index (χ3v) is 2.60. The molecule has 0 saturated heterocycles. The molecule has 0 aliphatic carbocycles. The Hall–Kier alpha value is -1.39. The molecule has 16 heavy (non-hydrogen) atoms. The van der Waals surface area contributed by atoms with Crippen molar-refractivity contribution in [2.24, 2.45) is 5.73 Å². The Balaban J connectivity index is 2.59. The van der Waals surface area contributed by atoms with Crippen LogP contribution in [0.25, 0.3) is 5.52 Å². The van der Waals surface area contributed by atoms with Gasteiger partial charge in [-0.25, -0.2) is 4.98 Å². The Kier molecular flexibility index (Phi) is 2.94.